The van der Waals surface area contributed by atoms with Crippen LogP contribution in [-0.4, -0.2) is 57.1 Å². The summed E-state index contributed by atoms with van der Waals surface area (Å²) in [6.45, 7) is 12.2. The van der Waals surface area contributed by atoms with Crippen molar-refractivity contribution in [3.63, 3.8) is 0 Å². The number of rotatable bonds is 7. The number of hydrogen-bond acceptors (Lipinski definition) is 9. The number of methoxy groups -OCH3 is 1. The molecular formula is C27H35N7O4S. The molecule has 0 spiro atoms. The monoisotopic (exact) mass is 553 g/mol. The highest BCUT2D eigenvalue weighted by Crippen LogP contribution is 2.38. The van der Waals surface area contributed by atoms with Crippen molar-refractivity contribution in [2.24, 2.45) is 4.40 Å². The van der Waals surface area contributed by atoms with Gasteiger partial charge in [-0.25, -0.2) is 4.79 Å². The van der Waals surface area contributed by atoms with E-state index in [0.717, 1.165) is 41.0 Å². The van der Waals surface area contributed by atoms with Gasteiger partial charge in [-0.1, -0.05) is 13.3 Å². The molecular weight excluding hydrogens is 518 g/mol. The number of amides is 2. The molecule has 1 aromatic heterocycles. The minimum atomic E-state index is -0.688. The number of amidine groups is 1. The summed E-state index contributed by atoms with van der Waals surface area (Å²) in [6.07, 6.45) is 2.98. The van der Waals surface area contributed by atoms with Crippen molar-refractivity contribution in [2.45, 2.75) is 72.3 Å². The number of aromatic nitrogens is 4. The van der Waals surface area contributed by atoms with Crippen LogP contribution in [0.25, 0.3) is 11.3 Å². The van der Waals surface area contributed by atoms with Gasteiger partial charge in [0, 0.05) is 40.7 Å². The molecule has 1 aromatic rings. The van der Waals surface area contributed by atoms with Crippen molar-refractivity contribution in [3.8, 4) is 17.0 Å². The Bertz CT molecular complexity index is 1390. The Morgan fingerprint density at radius 2 is 1.97 bits per heavy atom. The van der Waals surface area contributed by atoms with Crippen LogP contribution in [0.1, 0.15) is 79.0 Å². The largest absolute Gasteiger partial charge is 0.496 e. The number of aryl methyl sites for hydroxylation is 1. The number of carbonyl (C=O) groups excluding carboxylic acids is 2. The van der Waals surface area contributed by atoms with Crippen LogP contribution in [0.3, 0.4) is 0 Å². The minimum Gasteiger partial charge on any atom is -0.496 e. The Kier molecular flexibility index (Phi) is 8.43. The zero-order chi connectivity index (χ0) is 28.3. The zero-order valence-electron chi connectivity index (χ0n) is 23.5. The van der Waals surface area contributed by atoms with Crippen LogP contribution in [-0.2, 0) is 17.0 Å². The molecule has 0 radical (unpaired) electrons. The first-order chi connectivity index (χ1) is 18.5. The summed E-state index contributed by atoms with van der Waals surface area (Å²) in [5.74, 6) is 1.25. The highest BCUT2D eigenvalue weighted by atomic mass is 32.2. The zero-order valence-corrected chi connectivity index (χ0v) is 24.3. The minimum absolute atomic E-state index is 0.168. The number of ether oxygens (including phenoxy) is 2. The Labute approximate surface area is 232 Å². The molecule has 0 saturated carbocycles. The highest BCUT2D eigenvalue weighted by molar-refractivity contribution is 7.97. The predicted molar refractivity (Wildman–Crippen MR) is 150 cm³/mol. The summed E-state index contributed by atoms with van der Waals surface area (Å²) in [4.78, 5) is 31.9. The van der Waals surface area contributed by atoms with Crippen molar-refractivity contribution in [1.82, 2.24) is 30.6 Å². The van der Waals surface area contributed by atoms with E-state index < -0.39 is 11.7 Å². The molecule has 0 bridgehead atoms. The maximum atomic E-state index is 13.1. The number of unbranched alkanes of at least 4 members (excludes halogenated alkanes) is 1. The van der Waals surface area contributed by atoms with Gasteiger partial charge in [0.15, 0.2) is 5.84 Å². The summed E-state index contributed by atoms with van der Waals surface area (Å²) in [7, 11) is 1.63. The topological polar surface area (TPSA) is 133 Å². The number of carbonyl (C=O) groups is 2. The molecule has 0 aromatic carbocycles. The maximum absolute atomic E-state index is 13.1. The Morgan fingerprint density at radius 3 is 2.67 bits per heavy atom. The summed E-state index contributed by atoms with van der Waals surface area (Å²) >= 11 is 1.23. The maximum Gasteiger partial charge on any atom is 0.413 e. The molecule has 2 N–H and O–H groups in total. The molecule has 39 heavy (non-hydrogen) atoms. The summed E-state index contributed by atoms with van der Waals surface area (Å²) in [5.41, 5.74) is 4.84. The lowest BCUT2D eigenvalue weighted by Crippen LogP contribution is -2.37. The third-order valence-corrected chi connectivity index (χ3v) is 6.88. The standard InChI is InChI=1S/C27H35N7O4S/c1-8-9-10-28-25(35)17-11-19-21-18(17)14-39-33-24(30-26(36)38-27(4,5)6)22(21)32-34(31-19)13-20-16(3)23(37-7)15(2)12-29-20/h11-12H,8-10,13-14H2,1-7H3,(H,28,35)(H,30,33,36). The van der Waals surface area contributed by atoms with Gasteiger partial charge in [0.1, 0.15) is 23.6 Å². The Morgan fingerprint density at radius 1 is 1.21 bits per heavy atom. The van der Waals surface area contributed by atoms with Crippen molar-refractivity contribution >= 4 is 29.8 Å². The van der Waals surface area contributed by atoms with Crippen molar-refractivity contribution in [3.05, 3.63) is 45.9 Å². The van der Waals surface area contributed by atoms with E-state index in [1.54, 1.807) is 40.1 Å². The molecule has 208 valence electrons. The molecule has 1 aliphatic carbocycles. The van der Waals surface area contributed by atoms with Crippen molar-refractivity contribution < 1.29 is 19.1 Å². The third-order valence-electron chi connectivity index (χ3n) is 6.15. The molecule has 0 saturated heterocycles. The number of pyridine rings is 1. The summed E-state index contributed by atoms with van der Waals surface area (Å²) in [5, 5.41) is 15.3. The van der Waals surface area contributed by atoms with Crippen LogP contribution >= 0.6 is 11.9 Å². The van der Waals surface area contributed by atoms with Crippen LogP contribution in [0.4, 0.5) is 4.79 Å². The van der Waals surface area contributed by atoms with Gasteiger partial charge in [0.2, 0.25) is 0 Å². The van der Waals surface area contributed by atoms with Gasteiger partial charge in [-0.05, 0) is 64.6 Å². The SMILES string of the molecule is CCCCNC(=O)c1cc2nn(Cc3ncc(C)c(OC)c3C)nc3c-2c1CSN=C3NC(=O)OC(C)(C)C. The predicted octanol–water partition coefficient (Wildman–Crippen LogP) is 4.41. The second kappa shape index (κ2) is 11.6. The van der Waals surface area contributed by atoms with Gasteiger partial charge in [-0.3, -0.25) is 15.1 Å². The van der Waals surface area contributed by atoms with Gasteiger partial charge in [-0.15, -0.1) is 0 Å². The second-order valence-corrected chi connectivity index (χ2v) is 11.1. The fourth-order valence-electron chi connectivity index (χ4n) is 4.35. The lowest BCUT2D eigenvalue weighted by Gasteiger charge is -2.20. The second-order valence-electron chi connectivity index (χ2n) is 10.4. The fourth-order valence-corrected chi connectivity index (χ4v) is 5.11. The first-order valence-electron chi connectivity index (χ1n) is 12.9. The molecule has 4 rings (SSSR count). The quantitative estimate of drug-likeness (QED) is 0.325. The molecule has 0 atom stereocenters. The lowest BCUT2D eigenvalue weighted by molar-refractivity contribution is 0.0563. The molecule has 2 amide bonds. The molecule has 0 fully saturated rings. The normalized spacial score (nSPS) is 13.1. The molecule has 12 heteroatoms. The number of nitrogens with one attached hydrogen (secondary N) is 2. The average Bonchev–Trinajstić information content (AvgIpc) is 3.12. The highest BCUT2D eigenvalue weighted by Gasteiger charge is 2.31. The van der Waals surface area contributed by atoms with Gasteiger partial charge >= 0.3 is 6.09 Å². The van der Waals surface area contributed by atoms with Gasteiger partial charge in [0.05, 0.1) is 18.5 Å². The number of alkyl carbamates (subject to hydrolysis) is 1. The van der Waals surface area contributed by atoms with E-state index in [4.69, 9.17) is 19.7 Å². The van der Waals surface area contributed by atoms with Crippen LogP contribution in [0, 0.1) is 13.8 Å². The van der Waals surface area contributed by atoms with Crippen LogP contribution < -0.4 is 15.4 Å². The fraction of sp³-hybridized carbons (Fsp3) is 0.481. The van der Waals surface area contributed by atoms with Gasteiger partial charge < -0.3 is 14.8 Å². The average molecular weight is 554 g/mol. The van der Waals surface area contributed by atoms with E-state index in [0.29, 0.717) is 34.8 Å². The lowest BCUT2D eigenvalue weighted by atomic mass is 10.1. The van der Waals surface area contributed by atoms with Crippen LogP contribution in [0.15, 0.2) is 16.7 Å². The molecule has 11 nitrogen and oxygen atoms in total. The Balaban J connectivity index is 1.80. The van der Waals surface area contributed by atoms with E-state index in [1.165, 1.54) is 16.7 Å². The van der Waals surface area contributed by atoms with E-state index in [-0.39, 0.29) is 18.3 Å². The van der Waals surface area contributed by atoms with Crippen molar-refractivity contribution in [2.75, 3.05) is 13.7 Å². The number of nitrogens with zero attached hydrogens (tertiary/aromatic N) is 5. The molecule has 3 aliphatic rings. The first-order valence-corrected chi connectivity index (χ1v) is 13.8. The Hall–Kier alpha value is -3.67. The molecule has 0 unspecified atom stereocenters. The van der Waals surface area contributed by atoms with Gasteiger partial charge in [0.25, 0.3) is 5.91 Å². The van der Waals surface area contributed by atoms with Crippen LogP contribution in [0.2, 0.25) is 0 Å². The number of hydrogen-bond donors (Lipinski definition) is 2. The van der Waals surface area contributed by atoms with Crippen LogP contribution in [0.5, 0.6) is 5.75 Å². The smallest absolute Gasteiger partial charge is 0.413 e. The summed E-state index contributed by atoms with van der Waals surface area (Å²) < 4.78 is 15.6. The molecule has 2 aliphatic heterocycles. The van der Waals surface area contributed by atoms with E-state index in [1.807, 2.05) is 13.8 Å². The van der Waals surface area contributed by atoms with E-state index >= 15 is 0 Å². The van der Waals surface area contributed by atoms with E-state index in [2.05, 4.69) is 26.9 Å². The molecule has 3 heterocycles. The third kappa shape index (κ3) is 6.32. The first kappa shape index (κ1) is 28.3. The van der Waals surface area contributed by atoms with Crippen molar-refractivity contribution in [1.29, 1.82) is 0 Å². The van der Waals surface area contributed by atoms with E-state index in [9.17, 15) is 9.59 Å². The van der Waals surface area contributed by atoms with Gasteiger partial charge in [-0.2, -0.15) is 19.4 Å². The summed E-state index contributed by atoms with van der Waals surface area (Å²) in [6, 6.07) is 1.78.